The highest BCUT2D eigenvalue weighted by Gasteiger charge is 2.17. The SMILES string of the molecule is C=CCNS(=O)(=O)c1ccc(C(=O)NCc2ccc(N3CCC(C)CC3)nc2)cc1. The van der Waals surface area contributed by atoms with Crippen molar-refractivity contribution < 1.29 is 13.2 Å². The zero-order chi connectivity index (χ0) is 21.6. The number of nitrogens with one attached hydrogen (secondary N) is 2. The Morgan fingerprint density at radius 1 is 1.20 bits per heavy atom. The summed E-state index contributed by atoms with van der Waals surface area (Å²) in [4.78, 5) is 19.3. The molecule has 8 heteroatoms. The predicted molar refractivity (Wildman–Crippen MR) is 118 cm³/mol. The van der Waals surface area contributed by atoms with Gasteiger partial charge in [-0.1, -0.05) is 19.1 Å². The smallest absolute Gasteiger partial charge is 0.251 e. The lowest BCUT2D eigenvalue weighted by Gasteiger charge is -2.31. The Hall–Kier alpha value is -2.71. The van der Waals surface area contributed by atoms with Gasteiger partial charge in [0.25, 0.3) is 5.91 Å². The third-order valence-corrected chi connectivity index (χ3v) is 6.65. The van der Waals surface area contributed by atoms with Gasteiger partial charge in [-0.25, -0.2) is 18.1 Å². The first-order valence-electron chi connectivity index (χ1n) is 10.1. The molecule has 0 radical (unpaired) electrons. The summed E-state index contributed by atoms with van der Waals surface area (Å²) in [6, 6.07) is 9.79. The number of carbonyl (C=O) groups is 1. The highest BCUT2D eigenvalue weighted by molar-refractivity contribution is 7.89. The fourth-order valence-corrected chi connectivity index (χ4v) is 4.27. The van der Waals surface area contributed by atoms with Crippen LogP contribution in [0.1, 0.15) is 35.7 Å². The number of benzene rings is 1. The largest absolute Gasteiger partial charge is 0.357 e. The number of rotatable bonds is 8. The van der Waals surface area contributed by atoms with E-state index in [0.717, 1.165) is 30.4 Å². The molecule has 1 saturated heterocycles. The number of aromatic nitrogens is 1. The second kappa shape index (κ2) is 9.86. The fourth-order valence-electron chi connectivity index (χ4n) is 3.27. The third kappa shape index (κ3) is 5.67. The average molecular weight is 429 g/mol. The molecule has 0 spiro atoms. The van der Waals surface area contributed by atoms with E-state index >= 15 is 0 Å². The second-order valence-electron chi connectivity index (χ2n) is 7.54. The van der Waals surface area contributed by atoms with Crippen LogP contribution in [0.3, 0.4) is 0 Å². The topological polar surface area (TPSA) is 91.4 Å². The van der Waals surface area contributed by atoms with Crippen LogP contribution >= 0.6 is 0 Å². The third-order valence-electron chi connectivity index (χ3n) is 5.21. The van der Waals surface area contributed by atoms with Crippen molar-refractivity contribution in [2.24, 2.45) is 5.92 Å². The molecule has 2 aromatic rings. The van der Waals surface area contributed by atoms with Crippen molar-refractivity contribution in [3.63, 3.8) is 0 Å². The molecule has 7 nitrogen and oxygen atoms in total. The van der Waals surface area contributed by atoms with Crippen molar-refractivity contribution in [1.29, 1.82) is 0 Å². The number of sulfonamides is 1. The van der Waals surface area contributed by atoms with E-state index in [-0.39, 0.29) is 17.3 Å². The average Bonchev–Trinajstić information content (AvgIpc) is 2.77. The van der Waals surface area contributed by atoms with Crippen molar-refractivity contribution in [3.8, 4) is 0 Å². The van der Waals surface area contributed by atoms with Crippen LogP contribution in [0, 0.1) is 5.92 Å². The molecule has 1 fully saturated rings. The lowest BCUT2D eigenvalue weighted by molar-refractivity contribution is 0.0951. The molecule has 0 bridgehead atoms. The van der Waals surface area contributed by atoms with E-state index in [9.17, 15) is 13.2 Å². The Labute approximate surface area is 178 Å². The van der Waals surface area contributed by atoms with Gasteiger partial charge in [-0.05, 0) is 54.7 Å². The van der Waals surface area contributed by atoms with E-state index in [1.807, 2.05) is 12.1 Å². The van der Waals surface area contributed by atoms with E-state index in [4.69, 9.17) is 0 Å². The Bertz CT molecular complexity index is 964. The van der Waals surface area contributed by atoms with Gasteiger partial charge in [0.05, 0.1) is 4.90 Å². The first-order valence-corrected chi connectivity index (χ1v) is 11.6. The summed E-state index contributed by atoms with van der Waals surface area (Å²) in [5.74, 6) is 1.47. The van der Waals surface area contributed by atoms with Crippen LogP contribution in [0.2, 0.25) is 0 Å². The van der Waals surface area contributed by atoms with Gasteiger partial charge < -0.3 is 10.2 Å². The number of hydrogen-bond acceptors (Lipinski definition) is 5. The molecule has 1 aliphatic rings. The molecule has 1 aromatic heterocycles. The molecular formula is C22H28N4O3S. The summed E-state index contributed by atoms with van der Waals surface area (Å²) in [7, 11) is -3.60. The minimum absolute atomic E-state index is 0.104. The summed E-state index contributed by atoms with van der Waals surface area (Å²) < 4.78 is 26.5. The Morgan fingerprint density at radius 2 is 1.90 bits per heavy atom. The van der Waals surface area contributed by atoms with Crippen LogP contribution in [-0.2, 0) is 16.6 Å². The molecule has 3 rings (SSSR count). The summed E-state index contributed by atoms with van der Waals surface area (Å²) in [5, 5.41) is 2.84. The highest BCUT2D eigenvalue weighted by Crippen LogP contribution is 2.21. The fraction of sp³-hybridized carbons (Fsp3) is 0.364. The predicted octanol–water partition coefficient (Wildman–Crippen LogP) is 2.71. The van der Waals surface area contributed by atoms with Crippen LogP contribution in [0.5, 0.6) is 0 Å². The monoisotopic (exact) mass is 428 g/mol. The minimum atomic E-state index is -3.60. The number of nitrogens with zero attached hydrogens (tertiary/aromatic N) is 2. The van der Waals surface area contributed by atoms with Crippen LogP contribution in [0.15, 0.2) is 60.1 Å². The highest BCUT2D eigenvalue weighted by atomic mass is 32.2. The molecule has 0 aliphatic carbocycles. The zero-order valence-electron chi connectivity index (χ0n) is 17.2. The number of piperidine rings is 1. The van der Waals surface area contributed by atoms with E-state index in [1.165, 1.54) is 43.2 Å². The number of carbonyl (C=O) groups excluding carboxylic acids is 1. The van der Waals surface area contributed by atoms with E-state index in [1.54, 1.807) is 6.20 Å². The van der Waals surface area contributed by atoms with Crippen molar-refractivity contribution in [3.05, 3.63) is 66.4 Å². The lowest BCUT2D eigenvalue weighted by Crippen LogP contribution is -2.33. The maximum Gasteiger partial charge on any atom is 0.251 e. The first-order chi connectivity index (χ1) is 14.4. The summed E-state index contributed by atoms with van der Waals surface area (Å²) in [6.07, 6.45) is 5.62. The second-order valence-corrected chi connectivity index (χ2v) is 9.31. The van der Waals surface area contributed by atoms with Crippen LogP contribution in [-0.4, -0.2) is 38.9 Å². The Morgan fingerprint density at radius 3 is 2.50 bits per heavy atom. The van der Waals surface area contributed by atoms with Crippen molar-refractivity contribution in [1.82, 2.24) is 15.0 Å². The number of hydrogen-bond donors (Lipinski definition) is 2. The van der Waals surface area contributed by atoms with Gasteiger partial charge in [0.2, 0.25) is 10.0 Å². The molecule has 2 heterocycles. The summed E-state index contributed by atoms with van der Waals surface area (Å²) in [5.41, 5.74) is 1.30. The van der Waals surface area contributed by atoms with E-state index in [0.29, 0.717) is 12.1 Å². The molecule has 0 unspecified atom stereocenters. The standard InChI is InChI=1S/C22H28N4O3S/c1-3-12-25-30(28,29)20-7-5-19(6-8-20)22(27)24-16-18-4-9-21(23-15-18)26-13-10-17(2)11-14-26/h3-9,15,17,25H,1,10-14,16H2,2H3,(H,24,27). The molecule has 2 N–H and O–H groups in total. The van der Waals surface area contributed by atoms with Crippen molar-refractivity contribution in [2.45, 2.75) is 31.2 Å². The van der Waals surface area contributed by atoms with Gasteiger partial charge in [0.15, 0.2) is 0 Å². The zero-order valence-corrected chi connectivity index (χ0v) is 18.0. The van der Waals surface area contributed by atoms with Gasteiger partial charge >= 0.3 is 0 Å². The van der Waals surface area contributed by atoms with E-state index in [2.05, 4.69) is 33.4 Å². The normalized spacial score (nSPS) is 15.0. The minimum Gasteiger partial charge on any atom is -0.357 e. The molecular weight excluding hydrogens is 400 g/mol. The van der Waals surface area contributed by atoms with E-state index < -0.39 is 10.0 Å². The van der Waals surface area contributed by atoms with Gasteiger partial charge in [-0.15, -0.1) is 6.58 Å². The molecule has 1 aromatic carbocycles. The first kappa shape index (κ1) is 22.0. The number of anilines is 1. The van der Waals surface area contributed by atoms with Gasteiger partial charge in [0, 0.05) is 37.9 Å². The van der Waals surface area contributed by atoms with Gasteiger partial charge in [-0.3, -0.25) is 4.79 Å². The maximum absolute atomic E-state index is 12.4. The molecule has 0 atom stereocenters. The van der Waals surface area contributed by atoms with Crippen molar-refractivity contribution in [2.75, 3.05) is 24.5 Å². The summed E-state index contributed by atoms with van der Waals surface area (Å²) in [6.45, 7) is 8.32. The molecule has 1 amide bonds. The molecule has 0 saturated carbocycles. The van der Waals surface area contributed by atoms with Crippen LogP contribution < -0.4 is 14.9 Å². The number of pyridine rings is 1. The molecule has 1 aliphatic heterocycles. The quantitative estimate of drug-likeness (QED) is 0.631. The lowest BCUT2D eigenvalue weighted by atomic mass is 9.99. The van der Waals surface area contributed by atoms with Crippen LogP contribution in [0.25, 0.3) is 0 Å². The van der Waals surface area contributed by atoms with Crippen molar-refractivity contribution >= 4 is 21.7 Å². The van der Waals surface area contributed by atoms with Gasteiger partial charge in [-0.2, -0.15) is 0 Å². The van der Waals surface area contributed by atoms with Crippen LogP contribution in [0.4, 0.5) is 5.82 Å². The molecule has 30 heavy (non-hydrogen) atoms. The maximum atomic E-state index is 12.4. The summed E-state index contributed by atoms with van der Waals surface area (Å²) >= 11 is 0. The van der Waals surface area contributed by atoms with Gasteiger partial charge in [0.1, 0.15) is 5.82 Å². The molecule has 160 valence electrons. The Balaban J connectivity index is 1.54. The number of amides is 1. The Kier molecular flexibility index (Phi) is 7.23.